The van der Waals surface area contributed by atoms with Crippen LogP contribution in [-0.4, -0.2) is 23.5 Å². The van der Waals surface area contributed by atoms with Crippen molar-refractivity contribution in [3.05, 3.63) is 63.1 Å². The molecule has 0 aliphatic carbocycles. The van der Waals surface area contributed by atoms with E-state index < -0.39 is 23.2 Å². The number of benzene rings is 1. The summed E-state index contributed by atoms with van der Waals surface area (Å²) < 4.78 is 4.70. The van der Waals surface area contributed by atoms with Gasteiger partial charge in [-0.3, -0.25) is 4.79 Å². The fourth-order valence-corrected chi connectivity index (χ4v) is 2.50. The average Bonchev–Trinajstić information content (AvgIpc) is 3.11. The molecule has 6 nitrogen and oxygen atoms in total. The minimum absolute atomic E-state index is 0.0466. The molecule has 0 saturated heterocycles. The molecule has 1 N–H and O–H groups in total. The van der Waals surface area contributed by atoms with Gasteiger partial charge in [0.25, 0.3) is 0 Å². The Labute approximate surface area is 147 Å². The van der Waals surface area contributed by atoms with Crippen LogP contribution in [0.5, 0.6) is 0 Å². The molecule has 0 spiro atoms. The molecule has 0 bridgehead atoms. The summed E-state index contributed by atoms with van der Waals surface area (Å²) in [5, 5.41) is 19.6. The molecule has 0 aliphatic rings. The van der Waals surface area contributed by atoms with Gasteiger partial charge in [-0.1, -0.05) is 29.8 Å². The molecule has 0 saturated carbocycles. The van der Waals surface area contributed by atoms with Gasteiger partial charge in [-0.05, 0) is 30.5 Å². The van der Waals surface area contributed by atoms with Gasteiger partial charge in [-0.15, -0.1) is 21.6 Å². The molecule has 24 heavy (non-hydrogen) atoms. The minimum Gasteiger partial charge on any atom is -0.500 e. The number of halogens is 1. The van der Waals surface area contributed by atoms with E-state index in [1.54, 1.807) is 48.7 Å². The third-order valence-corrected chi connectivity index (χ3v) is 3.95. The standard InChI is InChI=1S/C16H13ClN2O4S/c1-2-23-16(22)15(21)13(14(20)12-8-5-9-24-12)19-18-11-7-4-3-6-10(11)17/h3-9,21H,2H2,1H3/b15-13+,19-18?. The molecule has 1 aromatic heterocycles. The maximum atomic E-state index is 12.5. The lowest BCUT2D eigenvalue weighted by molar-refractivity contribution is -0.141. The van der Waals surface area contributed by atoms with Crippen molar-refractivity contribution in [2.24, 2.45) is 10.2 Å². The fourth-order valence-electron chi connectivity index (χ4n) is 1.66. The average molecular weight is 365 g/mol. The van der Waals surface area contributed by atoms with Crippen LogP contribution in [0.25, 0.3) is 0 Å². The highest BCUT2D eigenvalue weighted by Crippen LogP contribution is 2.26. The molecule has 0 unspecified atom stereocenters. The monoisotopic (exact) mass is 364 g/mol. The Morgan fingerprint density at radius 3 is 2.62 bits per heavy atom. The number of allylic oxidation sites excluding steroid dienone is 1. The molecule has 0 fully saturated rings. The van der Waals surface area contributed by atoms with Gasteiger partial charge in [0.15, 0.2) is 5.70 Å². The summed E-state index contributed by atoms with van der Waals surface area (Å²) >= 11 is 7.12. The van der Waals surface area contributed by atoms with E-state index in [4.69, 9.17) is 16.3 Å². The van der Waals surface area contributed by atoms with Crippen LogP contribution in [0.4, 0.5) is 5.69 Å². The molecule has 2 rings (SSSR count). The number of aliphatic hydroxyl groups is 1. The number of hydrogen-bond donors (Lipinski definition) is 1. The Bertz CT molecular complexity index is 800. The van der Waals surface area contributed by atoms with Crippen molar-refractivity contribution in [3.63, 3.8) is 0 Å². The highest BCUT2D eigenvalue weighted by molar-refractivity contribution is 7.12. The Kier molecular flexibility index (Phi) is 6.22. The molecular weight excluding hydrogens is 352 g/mol. The van der Waals surface area contributed by atoms with Crippen molar-refractivity contribution in [2.75, 3.05) is 6.61 Å². The van der Waals surface area contributed by atoms with E-state index in [1.165, 1.54) is 0 Å². The second kappa shape index (κ2) is 8.37. The van der Waals surface area contributed by atoms with Gasteiger partial charge in [-0.25, -0.2) is 4.79 Å². The van der Waals surface area contributed by atoms with Crippen LogP contribution < -0.4 is 0 Å². The number of carbonyl (C=O) groups excluding carboxylic acids is 2. The molecule has 2 aromatic rings. The number of rotatable bonds is 6. The predicted octanol–water partition coefficient (Wildman–Crippen LogP) is 4.70. The van der Waals surface area contributed by atoms with Crippen LogP contribution in [0.3, 0.4) is 0 Å². The van der Waals surface area contributed by atoms with Crippen LogP contribution in [0, 0.1) is 0 Å². The number of carbonyl (C=O) groups is 2. The van der Waals surface area contributed by atoms with Crippen molar-refractivity contribution in [1.82, 2.24) is 0 Å². The number of thiophene rings is 1. The summed E-state index contributed by atoms with van der Waals surface area (Å²) in [5.74, 6) is -2.58. The number of ketones is 1. The van der Waals surface area contributed by atoms with Crippen LogP contribution in [-0.2, 0) is 9.53 Å². The third-order valence-electron chi connectivity index (χ3n) is 2.76. The first-order valence-electron chi connectivity index (χ1n) is 6.89. The van der Waals surface area contributed by atoms with E-state index in [0.29, 0.717) is 15.6 Å². The molecule has 1 aromatic carbocycles. The summed E-state index contributed by atoms with van der Waals surface area (Å²) in [7, 11) is 0. The maximum absolute atomic E-state index is 12.5. The first-order chi connectivity index (χ1) is 11.5. The van der Waals surface area contributed by atoms with Crippen molar-refractivity contribution in [1.29, 1.82) is 0 Å². The Morgan fingerprint density at radius 1 is 1.25 bits per heavy atom. The molecule has 0 radical (unpaired) electrons. The van der Waals surface area contributed by atoms with E-state index >= 15 is 0 Å². The molecule has 0 aliphatic heterocycles. The second-order valence-corrected chi connectivity index (χ2v) is 5.73. The molecule has 0 amide bonds. The maximum Gasteiger partial charge on any atom is 0.375 e. The Balaban J connectivity index is 2.43. The van der Waals surface area contributed by atoms with Crippen molar-refractivity contribution >= 4 is 40.4 Å². The van der Waals surface area contributed by atoms with Crippen molar-refractivity contribution in [3.8, 4) is 0 Å². The molecule has 8 heteroatoms. The Morgan fingerprint density at radius 2 is 2.00 bits per heavy atom. The first-order valence-corrected chi connectivity index (χ1v) is 8.15. The quantitative estimate of drug-likeness (QED) is 0.264. The van der Waals surface area contributed by atoms with Crippen molar-refractivity contribution < 1.29 is 19.4 Å². The van der Waals surface area contributed by atoms with Gasteiger partial charge in [0.2, 0.25) is 11.5 Å². The molecule has 124 valence electrons. The molecular formula is C16H13ClN2O4S. The zero-order valence-corrected chi connectivity index (χ0v) is 14.2. The van der Waals surface area contributed by atoms with Gasteiger partial charge < -0.3 is 9.84 Å². The summed E-state index contributed by atoms with van der Waals surface area (Å²) in [6, 6.07) is 9.81. The van der Waals surface area contributed by atoms with E-state index in [-0.39, 0.29) is 6.61 Å². The van der Waals surface area contributed by atoms with Crippen LogP contribution in [0.15, 0.2) is 63.5 Å². The van der Waals surface area contributed by atoms with E-state index in [2.05, 4.69) is 10.2 Å². The number of aliphatic hydroxyl groups excluding tert-OH is 1. The zero-order valence-electron chi connectivity index (χ0n) is 12.6. The number of ether oxygens (including phenoxy) is 1. The number of esters is 1. The summed E-state index contributed by atoms with van der Waals surface area (Å²) in [4.78, 5) is 24.5. The largest absolute Gasteiger partial charge is 0.500 e. The number of nitrogens with zero attached hydrogens (tertiary/aromatic N) is 2. The number of hydrogen-bond acceptors (Lipinski definition) is 7. The number of Topliss-reactive ketones (excluding diaryl/α,β-unsaturated/α-hetero) is 1. The van der Waals surface area contributed by atoms with Crippen LogP contribution in [0.2, 0.25) is 5.02 Å². The molecule has 0 atom stereocenters. The van der Waals surface area contributed by atoms with Gasteiger partial charge in [0.05, 0.1) is 16.5 Å². The lowest BCUT2D eigenvalue weighted by atomic mass is 10.2. The lowest BCUT2D eigenvalue weighted by Gasteiger charge is -2.04. The van der Waals surface area contributed by atoms with Gasteiger partial charge in [0, 0.05) is 0 Å². The minimum atomic E-state index is -1.05. The van der Waals surface area contributed by atoms with Gasteiger partial charge in [-0.2, -0.15) is 0 Å². The third kappa shape index (κ3) is 4.27. The van der Waals surface area contributed by atoms with E-state index in [9.17, 15) is 14.7 Å². The first kappa shape index (κ1) is 17.8. The summed E-state index contributed by atoms with van der Waals surface area (Å²) in [6.07, 6.45) is 0. The smallest absolute Gasteiger partial charge is 0.375 e. The summed E-state index contributed by atoms with van der Waals surface area (Å²) in [6.45, 7) is 1.63. The highest BCUT2D eigenvalue weighted by Gasteiger charge is 2.24. The fraction of sp³-hybridized carbons (Fsp3) is 0.125. The van der Waals surface area contributed by atoms with Crippen LogP contribution >= 0.6 is 22.9 Å². The van der Waals surface area contributed by atoms with Crippen LogP contribution in [0.1, 0.15) is 16.6 Å². The predicted molar refractivity (Wildman–Crippen MR) is 90.9 cm³/mol. The lowest BCUT2D eigenvalue weighted by Crippen LogP contribution is -2.13. The van der Waals surface area contributed by atoms with Crippen molar-refractivity contribution in [2.45, 2.75) is 6.92 Å². The molecule has 1 heterocycles. The Hall–Kier alpha value is -2.51. The van der Waals surface area contributed by atoms with Gasteiger partial charge in [0.1, 0.15) is 5.69 Å². The zero-order chi connectivity index (χ0) is 17.5. The topological polar surface area (TPSA) is 88.3 Å². The van der Waals surface area contributed by atoms with E-state index in [0.717, 1.165) is 11.3 Å². The highest BCUT2D eigenvalue weighted by atomic mass is 35.5. The summed E-state index contributed by atoms with van der Waals surface area (Å²) in [5.41, 5.74) is -0.205. The van der Waals surface area contributed by atoms with E-state index in [1.807, 2.05) is 0 Å². The van der Waals surface area contributed by atoms with Gasteiger partial charge >= 0.3 is 5.97 Å². The second-order valence-electron chi connectivity index (χ2n) is 4.38. The number of azo groups is 1. The SMILES string of the molecule is CCOC(=O)/C(O)=C(\N=Nc1ccccc1Cl)C(=O)c1cccs1. The normalized spacial score (nSPS) is 12.1.